The Hall–Kier alpha value is -5.43. The van der Waals surface area contributed by atoms with Crippen LogP contribution in [0.2, 0.25) is 0 Å². The van der Waals surface area contributed by atoms with E-state index in [4.69, 9.17) is 19.4 Å². The SMILES string of the molecule is CCOC(=O)C[N+](C)(C)Cc1cc(C#N)ccc1[C@@H]1C(C(=O)OC)=C(C)N(c2cccc(C(F)(F)F)c2)c2n[nH]c(=O)n21.O=CO. The molecule has 13 nitrogen and oxygen atoms in total. The molecular weight excluding hydrogens is 613 g/mol. The first kappa shape index (κ1) is 35.1. The Morgan fingerprint density at radius 2 is 1.89 bits per heavy atom. The predicted octanol–water partition coefficient (Wildman–Crippen LogP) is 3.49. The molecule has 1 aliphatic rings. The Labute approximate surface area is 261 Å². The first-order valence-corrected chi connectivity index (χ1v) is 13.7. The highest BCUT2D eigenvalue weighted by atomic mass is 19.4. The van der Waals surface area contributed by atoms with Crippen molar-refractivity contribution in [2.45, 2.75) is 32.6 Å². The number of methoxy groups -OCH3 is 1. The number of carboxylic acid groups (broad SMARTS) is 1. The molecule has 0 amide bonds. The van der Waals surface area contributed by atoms with Crippen LogP contribution in [0.4, 0.5) is 24.8 Å². The molecule has 1 aromatic heterocycles. The Kier molecular flexibility index (Phi) is 10.8. The number of allylic oxidation sites excluding steroid dienone is 1. The smallest absolute Gasteiger partial charge is 0.416 e. The number of quaternary nitrogens is 1. The lowest BCUT2D eigenvalue weighted by Gasteiger charge is -2.37. The van der Waals surface area contributed by atoms with E-state index in [-0.39, 0.29) is 53.6 Å². The van der Waals surface area contributed by atoms with E-state index in [9.17, 15) is 32.8 Å². The Bertz CT molecular complexity index is 1750. The van der Waals surface area contributed by atoms with Crippen molar-refractivity contribution in [1.82, 2.24) is 14.8 Å². The summed E-state index contributed by atoms with van der Waals surface area (Å²) in [4.78, 5) is 48.6. The van der Waals surface area contributed by atoms with Crippen molar-refractivity contribution in [3.63, 3.8) is 0 Å². The van der Waals surface area contributed by atoms with Crippen LogP contribution in [0.15, 0.2) is 58.5 Å². The minimum absolute atomic E-state index is 0.00626. The average molecular weight is 646 g/mol. The number of carbonyl (C=O) groups is 3. The molecule has 0 aliphatic carbocycles. The number of anilines is 2. The van der Waals surface area contributed by atoms with Gasteiger partial charge >= 0.3 is 23.8 Å². The minimum Gasteiger partial charge on any atom is -0.483 e. The van der Waals surface area contributed by atoms with Crippen LogP contribution in [0.5, 0.6) is 0 Å². The van der Waals surface area contributed by atoms with E-state index >= 15 is 0 Å². The number of fused-ring (bicyclic) bond motifs is 1. The van der Waals surface area contributed by atoms with E-state index < -0.39 is 35.4 Å². The van der Waals surface area contributed by atoms with E-state index in [1.54, 1.807) is 33.2 Å². The topological polar surface area (TPSA) is 168 Å². The molecule has 2 heterocycles. The van der Waals surface area contributed by atoms with Crippen molar-refractivity contribution >= 4 is 30.0 Å². The van der Waals surface area contributed by atoms with E-state index in [0.29, 0.717) is 16.7 Å². The van der Waals surface area contributed by atoms with E-state index in [2.05, 4.69) is 16.3 Å². The number of nitriles is 1. The van der Waals surface area contributed by atoms with Gasteiger partial charge in [0.05, 0.1) is 50.6 Å². The highest BCUT2D eigenvalue weighted by Crippen LogP contribution is 2.43. The Morgan fingerprint density at radius 1 is 1.22 bits per heavy atom. The van der Waals surface area contributed by atoms with Crippen molar-refractivity contribution in [2.24, 2.45) is 0 Å². The number of likely N-dealkylation sites (N-methyl/N-ethyl adjacent to an activating group) is 1. The van der Waals surface area contributed by atoms with Crippen molar-refractivity contribution in [3.8, 4) is 6.07 Å². The predicted molar refractivity (Wildman–Crippen MR) is 156 cm³/mol. The van der Waals surface area contributed by atoms with Crippen LogP contribution in [0, 0.1) is 11.3 Å². The molecule has 46 heavy (non-hydrogen) atoms. The lowest BCUT2D eigenvalue weighted by atomic mass is 9.89. The molecule has 0 saturated carbocycles. The van der Waals surface area contributed by atoms with Crippen molar-refractivity contribution < 1.29 is 46.6 Å². The molecule has 4 rings (SSSR count). The van der Waals surface area contributed by atoms with Gasteiger partial charge in [-0.3, -0.25) is 9.69 Å². The number of H-pyrrole nitrogens is 1. The van der Waals surface area contributed by atoms with E-state index in [0.717, 1.165) is 23.8 Å². The number of aromatic amines is 1. The normalized spacial score (nSPS) is 14.4. The first-order chi connectivity index (χ1) is 21.6. The number of aromatic nitrogens is 3. The van der Waals surface area contributed by atoms with Crippen molar-refractivity contribution in [3.05, 3.63) is 86.5 Å². The maximum absolute atomic E-state index is 13.6. The number of alkyl halides is 3. The lowest BCUT2D eigenvalue weighted by Crippen LogP contribution is -2.44. The molecule has 16 heteroatoms. The molecule has 3 aromatic rings. The number of hydrogen-bond acceptors (Lipinski definition) is 9. The van der Waals surface area contributed by atoms with E-state index in [1.807, 2.05) is 0 Å². The van der Waals surface area contributed by atoms with Gasteiger partial charge in [-0.1, -0.05) is 12.1 Å². The van der Waals surface area contributed by atoms with Gasteiger partial charge in [0.25, 0.3) is 6.47 Å². The van der Waals surface area contributed by atoms with Gasteiger partial charge < -0.3 is 19.1 Å². The van der Waals surface area contributed by atoms with Gasteiger partial charge in [-0.2, -0.15) is 18.4 Å². The number of carbonyl (C=O) groups excluding carboxylic acids is 2. The molecule has 0 saturated heterocycles. The molecule has 0 bridgehead atoms. The number of halogens is 3. The minimum atomic E-state index is -4.64. The fourth-order valence-corrected chi connectivity index (χ4v) is 5.23. The largest absolute Gasteiger partial charge is 0.483 e. The number of esters is 2. The molecule has 2 aromatic carbocycles. The van der Waals surface area contributed by atoms with Crippen LogP contribution < -0.4 is 10.6 Å². The van der Waals surface area contributed by atoms with Crippen LogP contribution in [-0.4, -0.2) is 77.1 Å². The van der Waals surface area contributed by atoms with Crippen LogP contribution in [0.25, 0.3) is 0 Å². The third kappa shape index (κ3) is 7.44. The summed E-state index contributed by atoms with van der Waals surface area (Å²) in [6.07, 6.45) is -4.64. The maximum Gasteiger partial charge on any atom is 0.416 e. The number of nitrogens with zero attached hydrogens (tertiary/aromatic N) is 5. The number of ether oxygens (including phenoxy) is 2. The zero-order chi connectivity index (χ0) is 34.4. The molecule has 0 fully saturated rings. The number of nitrogens with one attached hydrogen (secondary N) is 1. The summed E-state index contributed by atoms with van der Waals surface area (Å²) in [7, 11) is 4.72. The molecule has 2 N–H and O–H groups in total. The molecule has 1 aliphatic heterocycles. The number of benzene rings is 2. The van der Waals surface area contributed by atoms with Gasteiger partial charge in [0, 0.05) is 16.9 Å². The highest BCUT2D eigenvalue weighted by molar-refractivity contribution is 5.93. The summed E-state index contributed by atoms with van der Waals surface area (Å²) in [6, 6.07) is 10.1. The van der Waals surface area contributed by atoms with Gasteiger partial charge in [-0.15, -0.1) is 5.10 Å². The fraction of sp³-hybridized carbons (Fsp3) is 0.333. The third-order valence-electron chi connectivity index (χ3n) is 7.01. The van der Waals surface area contributed by atoms with Crippen LogP contribution in [0.1, 0.15) is 42.1 Å². The van der Waals surface area contributed by atoms with Gasteiger partial charge in [0.1, 0.15) is 12.6 Å². The summed E-state index contributed by atoms with van der Waals surface area (Å²) in [5.41, 5.74) is -0.227. The molecule has 244 valence electrons. The quantitative estimate of drug-likeness (QED) is 0.210. The monoisotopic (exact) mass is 645 g/mol. The summed E-state index contributed by atoms with van der Waals surface area (Å²) in [6.45, 7) is 3.35. The zero-order valence-electron chi connectivity index (χ0n) is 25.6. The third-order valence-corrected chi connectivity index (χ3v) is 7.01. The van der Waals surface area contributed by atoms with Crippen molar-refractivity contribution in [2.75, 3.05) is 39.3 Å². The summed E-state index contributed by atoms with van der Waals surface area (Å²) >= 11 is 0. The Morgan fingerprint density at radius 3 is 2.48 bits per heavy atom. The second-order valence-corrected chi connectivity index (χ2v) is 10.7. The molecule has 0 spiro atoms. The highest BCUT2D eigenvalue weighted by Gasteiger charge is 2.41. The second-order valence-electron chi connectivity index (χ2n) is 10.7. The zero-order valence-corrected chi connectivity index (χ0v) is 25.6. The van der Waals surface area contributed by atoms with Gasteiger partial charge in [0.15, 0.2) is 6.54 Å². The fourth-order valence-electron chi connectivity index (χ4n) is 5.23. The summed E-state index contributed by atoms with van der Waals surface area (Å²) in [5.74, 6) is -1.32. The van der Waals surface area contributed by atoms with Gasteiger partial charge in [0.2, 0.25) is 5.95 Å². The van der Waals surface area contributed by atoms with Crippen LogP contribution >= 0.6 is 0 Å². The van der Waals surface area contributed by atoms with E-state index in [1.165, 1.54) is 30.0 Å². The molecular formula is C30H32F3N6O7+. The average Bonchev–Trinajstić information content (AvgIpc) is 3.36. The summed E-state index contributed by atoms with van der Waals surface area (Å²) in [5, 5.41) is 23.0. The second kappa shape index (κ2) is 14.1. The van der Waals surface area contributed by atoms with Gasteiger partial charge in [-0.25, -0.2) is 24.0 Å². The van der Waals surface area contributed by atoms with Crippen molar-refractivity contribution in [1.29, 1.82) is 5.26 Å². The van der Waals surface area contributed by atoms with Crippen LogP contribution in [0.3, 0.4) is 0 Å². The standard InChI is InChI=1S/C29H29F3N6O5.CH2O2/c1-6-43-23(39)16-38(3,4)15-19-12-18(14-33)10-11-22(19)25-24(26(40)42-5)17(2)36(27-34-35-28(41)37(25)27)21-9-7-8-20(13-21)29(30,31)32;2-1-3/h7-13,25H,6,15-16H2,1-5H3;1H,(H,2,3)/p+1/t25-;/m1./s1. The van der Waals surface area contributed by atoms with Gasteiger partial charge in [-0.05, 0) is 49.7 Å². The van der Waals surface area contributed by atoms with Crippen LogP contribution in [-0.2, 0) is 36.6 Å². The Balaban J connectivity index is 0.00000185. The maximum atomic E-state index is 13.6. The summed E-state index contributed by atoms with van der Waals surface area (Å²) < 4.78 is 52.3. The molecule has 1 atom stereocenters. The number of hydrogen-bond donors (Lipinski definition) is 2. The lowest BCUT2D eigenvalue weighted by molar-refractivity contribution is -0.896. The molecule has 0 radical (unpaired) electrons. The number of rotatable bonds is 8. The molecule has 0 unspecified atom stereocenters. The first-order valence-electron chi connectivity index (χ1n) is 13.7.